The summed E-state index contributed by atoms with van der Waals surface area (Å²) < 4.78 is 16.3. The van der Waals surface area contributed by atoms with E-state index in [2.05, 4.69) is 10.3 Å². The van der Waals surface area contributed by atoms with Gasteiger partial charge in [0.05, 0.1) is 26.2 Å². The third kappa shape index (κ3) is 4.69. The normalized spacial score (nSPS) is 15.0. The molecule has 1 N–H and O–H groups in total. The maximum absolute atomic E-state index is 12.8. The zero-order chi connectivity index (χ0) is 21.0. The van der Waals surface area contributed by atoms with E-state index in [1.807, 2.05) is 0 Å². The van der Waals surface area contributed by atoms with Gasteiger partial charge in [-0.3, -0.25) is 14.5 Å². The Morgan fingerprint density at radius 3 is 2.48 bits per heavy atom. The summed E-state index contributed by atoms with van der Waals surface area (Å²) in [5.41, 5.74) is 0.673. The van der Waals surface area contributed by atoms with Crippen molar-refractivity contribution >= 4 is 62.7 Å². The molecule has 2 amide bonds. The summed E-state index contributed by atoms with van der Waals surface area (Å²) in [6, 6.07) is 3.45. The molecule has 2 heterocycles. The van der Waals surface area contributed by atoms with Crippen molar-refractivity contribution in [2.45, 2.75) is 0 Å². The number of thioether (sulfide) groups is 1. The van der Waals surface area contributed by atoms with Gasteiger partial charge in [0.15, 0.2) is 16.6 Å². The molecular formula is C18H17N3O5S3. The molecule has 8 nitrogen and oxygen atoms in total. The van der Waals surface area contributed by atoms with E-state index < -0.39 is 0 Å². The van der Waals surface area contributed by atoms with E-state index in [4.69, 9.17) is 26.4 Å². The number of ether oxygens (including phenoxy) is 3. The highest BCUT2D eigenvalue weighted by atomic mass is 32.2. The number of nitrogens with one attached hydrogen (secondary N) is 1. The minimum Gasteiger partial charge on any atom is -0.493 e. The van der Waals surface area contributed by atoms with Crippen LogP contribution >= 0.6 is 35.3 Å². The predicted molar refractivity (Wildman–Crippen MR) is 117 cm³/mol. The molecule has 1 aliphatic heterocycles. The first-order chi connectivity index (χ1) is 14.0. The van der Waals surface area contributed by atoms with Crippen molar-refractivity contribution in [3.63, 3.8) is 0 Å². The van der Waals surface area contributed by atoms with Gasteiger partial charge < -0.3 is 19.5 Å². The molecule has 0 radical (unpaired) electrons. The number of hydrogen-bond donors (Lipinski definition) is 1. The molecule has 1 aromatic heterocycles. The molecular weight excluding hydrogens is 434 g/mol. The lowest BCUT2D eigenvalue weighted by Gasteiger charge is -2.13. The number of thiazole rings is 1. The first-order valence-electron chi connectivity index (χ1n) is 8.21. The molecule has 152 valence electrons. The predicted octanol–water partition coefficient (Wildman–Crippen LogP) is 3.01. The van der Waals surface area contributed by atoms with Gasteiger partial charge in [-0.05, 0) is 23.8 Å². The smallest absolute Gasteiger partial charge is 0.266 e. The summed E-state index contributed by atoms with van der Waals surface area (Å²) in [5, 5.41) is 4.85. The van der Waals surface area contributed by atoms with Crippen LogP contribution in [-0.2, 0) is 9.59 Å². The fourth-order valence-electron chi connectivity index (χ4n) is 2.56. The van der Waals surface area contributed by atoms with E-state index >= 15 is 0 Å². The molecule has 11 heteroatoms. The van der Waals surface area contributed by atoms with E-state index in [1.165, 1.54) is 37.6 Å². The van der Waals surface area contributed by atoms with Crippen molar-refractivity contribution < 1.29 is 23.8 Å². The molecule has 3 rings (SSSR count). The molecule has 0 aliphatic carbocycles. The lowest BCUT2D eigenvalue weighted by atomic mass is 10.1. The van der Waals surface area contributed by atoms with E-state index in [0.717, 1.165) is 11.8 Å². The second-order valence-electron chi connectivity index (χ2n) is 5.61. The van der Waals surface area contributed by atoms with E-state index in [1.54, 1.807) is 29.8 Å². The minimum atomic E-state index is -0.370. The lowest BCUT2D eigenvalue weighted by molar-refractivity contribution is -0.126. The van der Waals surface area contributed by atoms with Crippen LogP contribution in [-0.4, -0.2) is 53.9 Å². The Hall–Kier alpha value is -2.63. The van der Waals surface area contributed by atoms with E-state index in [0.29, 0.717) is 37.2 Å². The number of nitrogens with zero attached hydrogens (tertiary/aromatic N) is 2. The Balaban J connectivity index is 1.80. The molecule has 29 heavy (non-hydrogen) atoms. The Morgan fingerprint density at radius 2 is 1.93 bits per heavy atom. The van der Waals surface area contributed by atoms with Crippen LogP contribution < -0.4 is 19.5 Å². The largest absolute Gasteiger partial charge is 0.493 e. The summed E-state index contributed by atoms with van der Waals surface area (Å²) in [6.07, 6.45) is 3.25. The van der Waals surface area contributed by atoms with Crippen molar-refractivity contribution in [3.05, 3.63) is 34.2 Å². The molecule has 0 unspecified atom stereocenters. The monoisotopic (exact) mass is 451 g/mol. The molecule has 0 saturated carbocycles. The van der Waals surface area contributed by atoms with Crippen LogP contribution in [0.5, 0.6) is 17.2 Å². The number of thiocarbonyl (C=S) groups is 1. The maximum Gasteiger partial charge on any atom is 0.266 e. The van der Waals surface area contributed by atoms with E-state index in [9.17, 15) is 9.59 Å². The van der Waals surface area contributed by atoms with Crippen LogP contribution in [0.15, 0.2) is 28.6 Å². The third-order valence-corrected chi connectivity index (χ3v) is 5.91. The van der Waals surface area contributed by atoms with Crippen molar-refractivity contribution in [1.29, 1.82) is 0 Å². The molecule has 2 aromatic rings. The Kier molecular flexibility index (Phi) is 6.72. The Morgan fingerprint density at radius 1 is 1.24 bits per heavy atom. The Bertz CT molecular complexity index is 950. The topological polar surface area (TPSA) is 90.0 Å². The summed E-state index contributed by atoms with van der Waals surface area (Å²) >= 11 is 7.70. The molecule has 0 bridgehead atoms. The highest BCUT2D eigenvalue weighted by Crippen LogP contribution is 2.40. The minimum absolute atomic E-state index is 0.184. The summed E-state index contributed by atoms with van der Waals surface area (Å²) in [4.78, 5) is 30.6. The maximum atomic E-state index is 12.8. The first kappa shape index (κ1) is 21.1. The molecule has 1 aliphatic rings. The molecule has 1 fully saturated rings. The van der Waals surface area contributed by atoms with Crippen molar-refractivity contribution in [2.75, 3.05) is 33.2 Å². The van der Waals surface area contributed by atoms with Crippen LogP contribution in [0.3, 0.4) is 0 Å². The number of rotatable bonds is 7. The van der Waals surface area contributed by atoms with Crippen LogP contribution in [0, 0.1) is 0 Å². The number of methoxy groups -OCH3 is 3. The van der Waals surface area contributed by atoms with Gasteiger partial charge in [-0.25, -0.2) is 4.98 Å². The standard InChI is InChI=1S/C18H17N3O5S3/c1-24-11-6-10(7-12(25-2)15(11)26-3)8-13-16(23)21(18(27)29-13)9-14(22)20-17-19-4-5-28-17/h4-8H,9H2,1-3H3,(H,19,20,22). The zero-order valence-corrected chi connectivity index (χ0v) is 18.2. The molecule has 0 spiro atoms. The summed E-state index contributed by atoms with van der Waals surface area (Å²) in [5.74, 6) is 0.680. The van der Waals surface area contributed by atoms with Gasteiger partial charge in [0.1, 0.15) is 10.9 Å². The van der Waals surface area contributed by atoms with Crippen LogP contribution in [0.1, 0.15) is 5.56 Å². The lowest BCUT2D eigenvalue weighted by Crippen LogP contribution is -2.36. The number of carbonyl (C=O) groups excluding carboxylic acids is 2. The van der Waals surface area contributed by atoms with Gasteiger partial charge in [0.2, 0.25) is 11.7 Å². The van der Waals surface area contributed by atoms with Crippen molar-refractivity contribution in [3.8, 4) is 17.2 Å². The molecule has 1 saturated heterocycles. The van der Waals surface area contributed by atoms with Gasteiger partial charge in [-0.15, -0.1) is 11.3 Å². The zero-order valence-electron chi connectivity index (χ0n) is 15.8. The van der Waals surface area contributed by atoms with Gasteiger partial charge in [-0.2, -0.15) is 0 Å². The number of amides is 2. The fraction of sp³-hybridized carbons (Fsp3) is 0.222. The number of hydrogen-bond acceptors (Lipinski definition) is 9. The highest BCUT2D eigenvalue weighted by Gasteiger charge is 2.33. The van der Waals surface area contributed by atoms with Crippen LogP contribution in [0.25, 0.3) is 6.08 Å². The van der Waals surface area contributed by atoms with Crippen molar-refractivity contribution in [2.24, 2.45) is 0 Å². The van der Waals surface area contributed by atoms with Crippen molar-refractivity contribution in [1.82, 2.24) is 9.88 Å². The molecule has 0 atom stereocenters. The number of anilines is 1. The van der Waals surface area contributed by atoms with Gasteiger partial charge in [-0.1, -0.05) is 24.0 Å². The van der Waals surface area contributed by atoms with E-state index in [-0.39, 0.29) is 18.4 Å². The average Bonchev–Trinajstić information content (AvgIpc) is 3.31. The number of benzene rings is 1. The van der Waals surface area contributed by atoms with Crippen LogP contribution in [0.4, 0.5) is 5.13 Å². The van der Waals surface area contributed by atoms with Crippen LogP contribution in [0.2, 0.25) is 0 Å². The SMILES string of the molecule is COc1cc(C=C2SC(=S)N(CC(=O)Nc3nccs3)C2=O)cc(OC)c1OC. The quantitative estimate of drug-likeness (QED) is 0.508. The highest BCUT2D eigenvalue weighted by molar-refractivity contribution is 8.26. The first-order valence-corrected chi connectivity index (χ1v) is 10.3. The second kappa shape index (κ2) is 9.25. The summed E-state index contributed by atoms with van der Waals surface area (Å²) in [7, 11) is 4.55. The van der Waals surface area contributed by atoms with Gasteiger partial charge in [0.25, 0.3) is 5.91 Å². The fourth-order valence-corrected chi connectivity index (χ4v) is 4.36. The third-order valence-electron chi connectivity index (χ3n) is 3.84. The molecule has 1 aromatic carbocycles. The average molecular weight is 452 g/mol. The number of carbonyl (C=O) groups is 2. The summed E-state index contributed by atoms with van der Waals surface area (Å²) in [6.45, 7) is -0.184. The van der Waals surface area contributed by atoms with Gasteiger partial charge >= 0.3 is 0 Å². The Labute approximate surface area is 180 Å². The van der Waals surface area contributed by atoms with Gasteiger partial charge in [0, 0.05) is 11.6 Å². The number of aromatic nitrogens is 1. The second-order valence-corrected chi connectivity index (χ2v) is 8.18.